The molecule has 0 fully saturated rings. The SMILES string of the molecule is CNC(C)(C)c1ccc(Br)cn1. The van der Waals surface area contributed by atoms with Crippen LogP contribution in [-0.4, -0.2) is 12.0 Å². The van der Waals surface area contributed by atoms with E-state index in [1.165, 1.54) is 0 Å². The summed E-state index contributed by atoms with van der Waals surface area (Å²) in [6.45, 7) is 4.20. The van der Waals surface area contributed by atoms with Gasteiger partial charge in [0.1, 0.15) is 0 Å². The van der Waals surface area contributed by atoms with E-state index < -0.39 is 0 Å². The molecule has 0 bridgehead atoms. The lowest BCUT2D eigenvalue weighted by Crippen LogP contribution is -2.33. The maximum atomic E-state index is 4.31. The van der Waals surface area contributed by atoms with Gasteiger partial charge in [-0.15, -0.1) is 0 Å². The molecule has 0 aliphatic carbocycles. The summed E-state index contributed by atoms with van der Waals surface area (Å²) in [5.74, 6) is 0. The van der Waals surface area contributed by atoms with E-state index in [0.717, 1.165) is 10.2 Å². The highest BCUT2D eigenvalue weighted by atomic mass is 79.9. The van der Waals surface area contributed by atoms with E-state index in [1.807, 2.05) is 25.4 Å². The summed E-state index contributed by atoms with van der Waals surface area (Å²) < 4.78 is 1.01. The lowest BCUT2D eigenvalue weighted by molar-refractivity contribution is 0.431. The molecule has 12 heavy (non-hydrogen) atoms. The average molecular weight is 229 g/mol. The predicted molar refractivity (Wildman–Crippen MR) is 54.0 cm³/mol. The Balaban J connectivity index is 2.96. The Morgan fingerprint density at radius 3 is 2.50 bits per heavy atom. The van der Waals surface area contributed by atoms with Crippen molar-refractivity contribution in [1.82, 2.24) is 10.3 Å². The third kappa shape index (κ3) is 2.05. The summed E-state index contributed by atoms with van der Waals surface area (Å²) in [4.78, 5) is 4.31. The van der Waals surface area contributed by atoms with Crippen LogP contribution in [0.15, 0.2) is 22.8 Å². The van der Waals surface area contributed by atoms with Crippen LogP contribution in [0, 0.1) is 0 Å². The van der Waals surface area contributed by atoms with Crippen LogP contribution in [0.4, 0.5) is 0 Å². The largest absolute Gasteiger partial charge is 0.310 e. The summed E-state index contributed by atoms with van der Waals surface area (Å²) in [5, 5.41) is 3.20. The lowest BCUT2D eigenvalue weighted by atomic mass is 10.0. The molecular formula is C9H13BrN2. The van der Waals surface area contributed by atoms with E-state index in [1.54, 1.807) is 0 Å². The smallest absolute Gasteiger partial charge is 0.0599 e. The molecule has 0 aliphatic heterocycles. The Labute approximate surface area is 81.5 Å². The quantitative estimate of drug-likeness (QED) is 0.841. The molecule has 0 aromatic carbocycles. The fourth-order valence-electron chi connectivity index (χ4n) is 0.874. The van der Waals surface area contributed by atoms with Crippen LogP contribution in [0.1, 0.15) is 19.5 Å². The molecule has 1 heterocycles. The molecule has 3 heteroatoms. The van der Waals surface area contributed by atoms with Gasteiger partial charge < -0.3 is 5.32 Å². The molecule has 1 aromatic rings. The van der Waals surface area contributed by atoms with Crippen molar-refractivity contribution in [3.05, 3.63) is 28.5 Å². The first-order valence-electron chi connectivity index (χ1n) is 3.87. The van der Waals surface area contributed by atoms with E-state index in [9.17, 15) is 0 Å². The normalized spacial score (nSPS) is 11.7. The van der Waals surface area contributed by atoms with Crippen LogP contribution in [0.25, 0.3) is 0 Å². The molecule has 0 unspecified atom stereocenters. The fraction of sp³-hybridized carbons (Fsp3) is 0.444. The van der Waals surface area contributed by atoms with Gasteiger partial charge >= 0.3 is 0 Å². The molecule has 0 amide bonds. The summed E-state index contributed by atoms with van der Waals surface area (Å²) in [6, 6.07) is 4.02. The molecule has 0 saturated heterocycles. The van der Waals surface area contributed by atoms with E-state index in [4.69, 9.17) is 0 Å². The Morgan fingerprint density at radius 1 is 1.42 bits per heavy atom. The van der Waals surface area contributed by atoms with Gasteiger partial charge in [0.05, 0.1) is 11.2 Å². The van der Waals surface area contributed by atoms with Gasteiger partial charge in [-0.1, -0.05) is 0 Å². The number of halogens is 1. The zero-order valence-corrected chi connectivity index (χ0v) is 9.14. The number of nitrogens with zero attached hydrogens (tertiary/aromatic N) is 1. The van der Waals surface area contributed by atoms with Crippen molar-refractivity contribution >= 4 is 15.9 Å². The summed E-state index contributed by atoms with van der Waals surface area (Å²) in [7, 11) is 1.93. The molecule has 1 rings (SSSR count). The number of rotatable bonds is 2. The van der Waals surface area contributed by atoms with Crippen LogP contribution >= 0.6 is 15.9 Å². The van der Waals surface area contributed by atoms with Gasteiger partial charge in [0, 0.05) is 10.7 Å². The third-order valence-electron chi connectivity index (χ3n) is 1.99. The van der Waals surface area contributed by atoms with Crippen molar-refractivity contribution in [1.29, 1.82) is 0 Å². The molecule has 0 aliphatic rings. The van der Waals surface area contributed by atoms with Gasteiger partial charge in [-0.2, -0.15) is 0 Å². The number of hydrogen-bond acceptors (Lipinski definition) is 2. The number of pyridine rings is 1. The number of hydrogen-bond donors (Lipinski definition) is 1. The number of aromatic nitrogens is 1. The van der Waals surface area contributed by atoms with Crippen LogP contribution in [0.2, 0.25) is 0 Å². The summed E-state index contributed by atoms with van der Waals surface area (Å²) >= 11 is 3.35. The molecule has 1 aromatic heterocycles. The van der Waals surface area contributed by atoms with Gasteiger partial charge in [0.2, 0.25) is 0 Å². The van der Waals surface area contributed by atoms with Crippen molar-refractivity contribution in [2.45, 2.75) is 19.4 Å². The van der Waals surface area contributed by atoms with E-state index in [2.05, 4.69) is 40.1 Å². The first-order chi connectivity index (χ1) is 5.56. The van der Waals surface area contributed by atoms with Gasteiger partial charge in [0.15, 0.2) is 0 Å². The maximum absolute atomic E-state index is 4.31. The second-order valence-corrected chi connectivity index (χ2v) is 4.15. The Kier molecular flexibility index (Phi) is 2.85. The molecule has 2 nitrogen and oxygen atoms in total. The van der Waals surface area contributed by atoms with Crippen LogP contribution in [0.5, 0.6) is 0 Å². The first-order valence-corrected chi connectivity index (χ1v) is 4.66. The lowest BCUT2D eigenvalue weighted by Gasteiger charge is -2.22. The van der Waals surface area contributed by atoms with Crippen LogP contribution in [-0.2, 0) is 5.54 Å². The second-order valence-electron chi connectivity index (χ2n) is 3.24. The average Bonchev–Trinajstić information content (AvgIpc) is 2.05. The second kappa shape index (κ2) is 3.54. The molecule has 0 atom stereocenters. The van der Waals surface area contributed by atoms with E-state index in [-0.39, 0.29) is 5.54 Å². The minimum atomic E-state index is -0.0549. The summed E-state index contributed by atoms with van der Waals surface area (Å²) in [5.41, 5.74) is 0.994. The van der Waals surface area contributed by atoms with Crippen molar-refractivity contribution in [2.75, 3.05) is 7.05 Å². The van der Waals surface area contributed by atoms with E-state index >= 15 is 0 Å². The zero-order valence-electron chi connectivity index (χ0n) is 7.56. The van der Waals surface area contributed by atoms with Crippen molar-refractivity contribution in [3.8, 4) is 0 Å². The maximum Gasteiger partial charge on any atom is 0.0599 e. The van der Waals surface area contributed by atoms with Gasteiger partial charge in [0.25, 0.3) is 0 Å². The van der Waals surface area contributed by atoms with Crippen LogP contribution in [0.3, 0.4) is 0 Å². The highest BCUT2D eigenvalue weighted by Gasteiger charge is 2.18. The third-order valence-corrected chi connectivity index (χ3v) is 2.46. The molecular weight excluding hydrogens is 216 g/mol. The standard InChI is InChI=1S/C9H13BrN2/c1-9(2,11-3)8-5-4-7(10)6-12-8/h4-6,11H,1-3H3. The monoisotopic (exact) mass is 228 g/mol. The summed E-state index contributed by atoms with van der Waals surface area (Å²) in [6.07, 6.45) is 1.81. The highest BCUT2D eigenvalue weighted by molar-refractivity contribution is 9.10. The van der Waals surface area contributed by atoms with Gasteiger partial charge in [-0.25, -0.2) is 0 Å². The number of nitrogens with one attached hydrogen (secondary N) is 1. The molecule has 0 spiro atoms. The van der Waals surface area contributed by atoms with Crippen LogP contribution < -0.4 is 5.32 Å². The van der Waals surface area contributed by atoms with E-state index in [0.29, 0.717) is 0 Å². The fourth-order valence-corrected chi connectivity index (χ4v) is 1.11. The predicted octanol–water partition coefficient (Wildman–Crippen LogP) is 2.30. The van der Waals surface area contributed by atoms with Crippen molar-refractivity contribution < 1.29 is 0 Å². The minimum absolute atomic E-state index is 0.0549. The Hall–Kier alpha value is -0.410. The Morgan fingerprint density at radius 2 is 2.08 bits per heavy atom. The topological polar surface area (TPSA) is 24.9 Å². The van der Waals surface area contributed by atoms with Gasteiger partial charge in [-0.05, 0) is 49.0 Å². The van der Waals surface area contributed by atoms with Crippen molar-refractivity contribution in [2.24, 2.45) is 0 Å². The molecule has 0 radical (unpaired) electrons. The molecule has 0 saturated carbocycles. The highest BCUT2D eigenvalue weighted by Crippen LogP contribution is 2.18. The molecule has 66 valence electrons. The first kappa shape index (κ1) is 9.68. The Bertz CT molecular complexity index is 254. The van der Waals surface area contributed by atoms with Crippen molar-refractivity contribution in [3.63, 3.8) is 0 Å². The molecule has 1 N–H and O–H groups in total. The van der Waals surface area contributed by atoms with Gasteiger partial charge in [-0.3, -0.25) is 4.98 Å². The minimum Gasteiger partial charge on any atom is -0.310 e. The zero-order chi connectivity index (χ0) is 9.19.